The minimum absolute atomic E-state index is 0.182. The van der Waals surface area contributed by atoms with Crippen LogP contribution in [-0.4, -0.2) is 52.5 Å². The molecule has 0 aliphatic carbocycles. The topological polar surface area (TPSA) is 101 Å². The number of hydrogen-bond acceptors (Lipinski definition) is 6. The summed E-state index contributed by atoms with van der Waals surface area (Å²) in [5.41, 5.74) is 4.42. The number of carbonyl (C=O) groups excluding carboxylic acids is 3. The van der Waals surface area contributed by atoms with E-state index in [1.165, 1.54) is 9.78 Å². The Morgan fingerprint density at radius 3 is 2.58 bits per heavy atom. The van der Waals surface area contributed by atoms with Gasteiger partial charge in [-0.2, -0.15) is 0 Å². The van der Waals surface area contributed by atoms with E-state index in [1.54, 1.807) is 32.1 Å². The Morgan fingerprint density at radius 1 is 1.18 bits per heavy atom. The van der Waals surface area contributed by atoms with Crippen LogP contribution in [0.25, 0.3) is 10.4 Å². The van der Waals surface area contributed by atoms with E-state index in [4.69, 9.17) is 4.74 Å². The van der Waals surface area contributed by atoms with E-state index in [2.05, 4.69) is 22.5 Å². The summed E-state index contributed by atoms with van der Waals surface area (Å²) < 4.78 is 5.15. The lowest BCUT2D eigenvalue weighted by atomic mass is 10.1. The molecule has 1 aromatic carbocycles. The first kappa shape index (κ1) is 24.7. The van der Waals surface area contributed by atoms with E-state index in [9.17, 15) is 14.4 Å². The quantitative estimate of drug-likeness (QED) is 0.642. The van der Waals surface area contributed by atoms with Crippen LogP contribution in [0.4, 0.5) is 4.79 Å². The van der Waals surface area contributed by atoms with Gasteiger partial charge in [0, 0.05) is 13.1 Å². The molecule has 1 aromatic heterocycles. The number of aromatic nitrogens is 1. The maximum Gasteiger partial charge on any atom is 0.408 e. The average Bonchev–Trinajstić information content (AvgIpc) is 3.44. The van der Waals surface area contributed by atoms with E-state index < -0.39 is 17.7 Å². The molecule has 8 nitrogen and oxygen atoms in total. The predicted molar refractivity (Wildman–Crippen MR) is 128 cm³/mol. The Balaban J connectivity index is 1.51. The number of amides is 3. The zero-order valence-electron chi connectivity index (χ0n) is 19.6. The van der Waals surface area contributed by atoms with Crippen LogP contribution in [0.3, 0.4) is 0 Å². The molecule has 178 valence electrons. The molecular weight excluding hydrogens is 440 g/mol. The van der Waals surface area contributed by atoms with Gasteiger partial charge >= 0.3 is 6.09 Å². The first-order chi connectivity index (χ1) is 15.7. The van der Waals surface area contributed by atoms with Gasteiger partial charge in [0.1, 0.15) is 18.2 Å². The Morgan fingerprint density at radius 2 is 1.91 bits per heavy atom. The van der Waals surface area contributed by atoms with Crippen molar-refractivity contribution in [1.82, 2.24) is 20.5 Å². The first-order valence-corrected chi connectivity index (χ1v) is 12.1. The maximum atomic E-state index is 12.8. The smallest absolute Gasteiger partial charge is 0.408 e. The Kier molecular flexibility index (Phi) is 8.07. The van der Waals surface area contributed by atoms with E-state index in [-0.39, 0.29) is 18.4 Å². The summed E-state index contributed by atoms with van der Waals surface area (Å²) in [5, 5.41) is 5.41. The van der Waals surface area contributed by atoms with Crippen molar-refractivity contribution in [3.63, 3.8) is 0 Å². The summed E-state index contributed by atoms with van der Waals surface area (Å²) in [6.07, 6.45) is 1.60. The van der Waals surface area contributed by atoms with Gasteiger partial charge < -0.3 is 20.3 Å². The van der Waals surface area contributed by atoms with Gasteiger partial charge in [-0.1, -0.05) is 31.2 Å². The number of ether oxygens (including phenoxy) is 1. The van der Waals surface area contributed by atoms with Crippen LogP contribution >= 0.6 is 11.3 Å². The first-order valence-electron chi connectivity index (χ1n) is 11.2. The highest BCUT2D eigenvalue weighted by Gasteiger charge is 2.34. The van der Waals surface area contributed by atoms with Crippen molar-refractivity contribution in [1.29, 1.82) is 0 Å². The molecule has 2 aromatic rings. The number of aryl methyl sites for hydroxylation is 1. The van der Waals surface area contributed by atoms with Gasteiger partial charge in [0.05, 0.1) is 16.1 Å². The fourth-order valence-electron chi connectivity index (χ4n) is 3.74. The molecule has 0 saturated carbocycles. The van der Waals surface area contributed by atoms with Crippen LogP contribution < -0.4 is 10.6 Å². The van der Waals surface area contributed by atoms with Crippen molar-refractivity contribution in [2.45, 2.75) is 65.1 Å². The summed E-state index contributed by atoms with van der Waals surface area (Å²) >= 11 is 1.63. The number of nitrogens with zero attached hydrogens (tertiary/aromatic N) is 2. The third kappa shape index (κ3) is 6.77. The Hall–Kier alpha value is -2.94. The maximum absolute atomic E-state index is 12.8. The van der Waals surface area contributed by atoms with Gasteiger partial charge in [-0.25, -0.2) is 9.78 Å². The SMILES string of the molecule is CCc1ncsc1-c1ccc(CNC(=O)C2CCCN2C(=O)CNC(=O)OC(C)(C)C)cc1. The monoisotopic (exact) mass is 472 g/mol. The average molecular weight is 473 g/mol. The van der Waals surface area contributed by atoms with Crippen molar-refractivity contribution in [3.05, 3.63) is 41.0 Å². The highest BCUT2D eigenvalue weighted by molar-refractivity contribution is 7.13. The van der Waals surface area contributed by atoms with Gasteiger partial charge in [-0.3, -0.25) is 9.59 Å². The standard InChI is InChI=1S/C24H32N4O4S/c1-5-18-21(33-15-27-18)17-10-8-16(9-11-17)13-25-22(30)19-7-6-12-28(19)20(29)14-26-23(31)32-24(2,3)4/h8-11,15,19H,5-7,12-14H2,1-4H3,(H,25,30)(H,26,31). The molecule has 1 saturated heterocycles. The molecule has 3 amide bonds. The minimum atomic E-state index is -0.649. The molecule has 0 spiro atoms. The number of thiazole rings is 1. The number of rotatable bonds is 7. The molecule has 1 atom stereocenters. The molecule has 3 rings (SSSR count). The van der Waals surface area contributed by atoms with Crippen molar-refractivity contribution < 1.29 is 19.1 Å². The molecule has 0 radical (unpaired) electrons. The molecule has 2 N–H and O–H groups in total. The highest BCUT2D eigenvalue weighted by atomic mass is 32.1. The van der Waals surface area contributed by atoms with Crippen LogP contribution in [0.1, 0.15) is 51.8 Å². The zero-order chi connectivity index (χ0) is 24.0. The third-order valence-electron chi connectivity index (χ3n) is 5.32. The molecule has 1 aliphatic heterocycles. The fraction of sp³-hybridized carbons (Fsp3) is 0.500. The molecular formula is C24H32N4O4S. The molecule has 9 heteroatoms. The van der Waals surface area contributed by atoms with Crippen LogP contribution in [0.15, 0.2) is 29.8 Å². The molecule has 1 fully saturated rings. The number of hydrogen-bond donors (Lipinski definition) is 2. The largest absolute Gasteiger partial charge is 0.444 e. The van der Waals surface area contributed by atoms with Gasteiger partial charge in [-0.05, 0) is 51.2 Å². The summed E-state index contributed by atoms with van der Waals surface area (Å²) in [6, 6.07) is 7.55. The fourth-order valence-corrected chi connectivity index (χ4v) is 4.63. The van der Waals surface area contributed by atoms with Crippen LogP contribution in [0.2, 0.25) is 0 Å². The summed E-state index contributed by atoms with van der Waals surface area (Å²) in [4.78, 5) is 44.3. The number of carbonyl (C=O) groups is 3. The summed E-state index contributed by atoms with van der Waals surface area (Å²) in [6.45, 7) is 8.04. The Labute approximate surface area is 198 Å². The van der Waals surface area contributed by atoms with Crippen LogP contribution in [-0.2, 0) is 27.3 Å². The van der Waals surface area contributed by atoms with E-state index in [0.717, 1.165) is 29.7 Å². The summed E-state index contributed by atoms with van der Waals surface area (Å²) in [7, 11) is 0. The second-order valence-electron chi connectivity index (χ2n) is 9.00. The lowest BCUT2D eigenvalue weighted by molar-refractivity contribution is -0.137. The lowest BCUT2D eigenvalue weighted by Crippen LogP contribution is -2.49. The van der Waals surface area contributed by atoms with Gasteiger partial charge in [0.15, 0.2) is 0 Å². The van der Waals surface area contributed by atoms with Crippen molar-refractivity contribution >= 4 is 29.2 Å². The zero-order valence-corrected chi connectivity index (χ0v) is 20.5. The third-order valence-corrected chi connectivity index (χ3v) is 6.24. The lowest BCUT2D eigenvalue weighted by Gasteiger charge is -2.25. The van der Waals surface area contributed by atoms with E-state index in [1.807, 2.05) is 29.8 Å². The number of likely N-dealkylation sites (tertiary alicyclic amines) is 1. The van der Waals surface area contributed by atoms with Crippen molar-refractivity contribution in [3.8, 4) is 10.4 Å². The number of alkyl carbamates (subject to hydrolysis) is 1. The van der Waals surface area contributed by atoms with Crippen molar-refractivity contribution in [2.75, 3.05) is 13.1 Å². The molecule has 2 heterocycles. The van der Waals surface area contributed by atoms with Crippen LogP contribution in [0.5, 0.6) is 0 Å². The van der Waals surface area contributed by atoms with Crippen LogP contribution in [0, 0.1) is 0 Å². The summed E-state index contributed by atoms with van der Waals surface area (Å²) in [5.74, 6) is -0.475. The second-order valence-corrected chi connectivity index (χ2v) is 9.85. The van der Waals surface area contributed by atoms with Gasteiger partial charge in [0.2, 0.25) is 11.8 Å². The number of nitrogens with one attached hydrogen (secondary N) is 2. The van der Waals surface area contributed by atoms with Gasteiger partial charge in [-0.15, -0.1) is 11.3 Å². The molecule has 1 aliphatic rings. The molecule has 33 heavy (non-hydrogen) atoms. The Bertz CT molecular complexity index is 981. The molecule has 0 bridgehead atoms. The van der Waals surface area contributed by atoms with E-state index >= 15 is 0 Å². The normalized spacial score (nSPS) is 15.9. The molecule has 1 unspecified atom stereocenters. The minimum Gasteiger partial charge on any atom is -0.444 e. The highest BCUT2D eigenvalue weighted by Crippen LogP contribution is 2.28. The number of benzene rings is 1. The second kappa shape index (κ2) is 10.8. The van der Waals surface area contributed by atoms with Gasteiger partial charge in [0.25, 0.3) is 0 Å². The van der Waals surface area contributed by atoms with E-state index in [0.29, 0.717) is 19.5 Å². The van der Waals surface area contributed by atoms with Crippen molar-refractivity contribution in [2.24, 2.45) is 0 Å². The predicted octanol–water partition coefficient (Wildman–Crippen LogP) is 3.50.